The van der Waals surface area contributed by atoms with Crippen molar-refractivity contribution >= 4 is 22.9 Å². The smallest absolute Gasteiger partial charge is 0.329 e. The lowest BCUT2D eigenvalue weighted by Gasteiger charge is -2.20. The summed E-state index contributed by atoms with van der Waals surface area (Å²) in [6.07, 6.45) is 2.76. The van der Waals surface area contributed by atoms with Gasteiger partial charge in [0.15, 0.2) is 0 Å². The van der Waals surface area contributed by atoms with Crippen molar-refractivity contribution in [2.75, 3.05) is 18.8 Å². The van der Waals surface area contributed by atoms with Crippen molar-refractivity contribution in [2.24, 2.45) is 0 Å². The molecule has 2 aromatic heterocycles. The number of H-pyrrole nitrogens is 1. The molecule has 4 N–H and O–H groups in total. The molecule has 3 heterocycles. The molecule has 0 spiro atoms. The van der Waals surface area contributed by atoms with Gasteiger partial charge in [-0.05, 0) is 17.9 Å². The zero-order valence-corrected chi connectivity index (χ0v) is 15.0. The SMILES string of the molecule is CCCn1c(N)c(C(=O)C[NH+]2CCC[C@H]2c2cccs2)c(=O)[nH]c1=O. The maximum absolute atomic E-state index is 12.8. The Bertz CT molecular complexity index is 869. The number of aromatic amines is 1. The standard InChI is InChI=1S/C17H22N4O3S/c1-2-7-21-15(18)14(16(23)19-17(21)24)12(22)10-20-8-3-5-11(20)13-6-4-9-25-13/h4,6,9,11H,2-3,5,7-8,10,18H2,1H3,(H,19,23,24)/p+1/t11-/m0/s1. The summed E-state index contributed by atoms with van der Waals surface area (Å²) in [7, 11) is 0. The topological polar surface area (TPSA) is 102 Å². The summed E-state index contributed by atoms with van der Waals surface area (Å²) in [4.78, 5) is 41.5. The molecule has 0 saturated carbocycles. The highest BCUT2D eigenvalue weighted by Crippen LogP contribution is 2.23. The molecule has 7 nitrogen and oxygen atoms in total. The lowest BCUT2D eigenvalue weighted by molar-refractivity contribution is -0.909. The normalized spacial score (nSPS) is 20.0. The third-order valence-corrected chi connectivity index (χ3v) is 5.71. The Morgan fingerprint density at radius 1 is 1.48 bits per heavy atom. The number of likely N-dealkylation sites (tertiary alicyclic amines) is 1. The van der Waals surface area contributed by atoms with Gasteiger partial charge in [0.1, 0.15) is 24.0 Å². The van der Waals surface area contributed by atoms with Crippen molar-refractivity contribution in [3.05, 3.63) is 48.8 Å². The molecule has 0 bridgehead atoms. The fourth-order valence-electron chi connectivity index (χ4n) is 3.55. The summed E-state index contributed by atoms with van der Waals surface area (Å²) in [5.74, 6) is -0.325. The molecule has 8 heteroatoms. The molecule has 1 aliphatic rings. The Balaban J connectivity index is 1.87. The zero-order valence-electron chi connectivity index (χ0n) is 14.2. The highest BCUT2D eigenvalue weighted by Gasteiger charge is 2.33. The van der Waals surface area contributed by atoms with E-state index >= 15 is 0 Å². The van der Waals surface area contributed by atoms with Crippen molar-refractivity contribution in [1.82, 2.24) is 9.55 Å². The van der Waals surface area contributed by atoms with Crippen molar-refractivity contribution < 1.29 is 9.69 Å². The van der Waals surface area contributed by atoms with Gasteiger partial charge < -0.3 is 10.6 Å². The largest absolute Gasteiger partial charge is 0.384 e. The molecule has 25 heavy (non-hydrogen) atoms. The van der Waals surface area contributed by atoms with Gasteiger partial charge in [-0.15, -0.1) is 11.3 Å². The number of quaternary nitrogens is 1. The highest BCUT2D eigenvalue weighted by molar-refractivity contribution is 7.10. The molecular weight excluding hydrogens is 340 g/mol. The molecule has 0 radical (unpaired) electrons. The third-order valence-electron chi connectivity index (χ3n) is 4.72. The van der Waals surface area contributed by atoms with Crippen LogP contribution in [-0.4, -0.2) is 28.4 Å². The van der Waals surface area contributed by atoms with Crippen LogP contribution in [0.1, 0.15) is 47.5 Å². The van der Waals surface area contributed by atoms with Crippen LogP contribution >= 0.6 is 11.3 Å². The summed E-state index contributed by atoms with van der Waals surface area (Å²) in [6.45, 7) is 3.37. The quantitative estimate of drug-likeness (QED) is 0.638. The lowest BCUT2D eigenvalue weighted by atomic mass is 10.1. The summed E-state index contributed by atoms with van der Waals surface area (Å²) < 4.78 is 1.27. The summed E-state index contributed by atoms with van der Waals surface area (Å²) >= 11 is 1.69. The van der Waals surface area contributed by atoms with E-state index in [1.807, 2.05) is 18.4 Å². The van der Waals surface area contributed by atoms with Crippen LogP contribution in [0.25, 0.3) is 0 Å². The fourth-order valence-corrected chi connectivity index (χ4v) is 4.47. The Kier molecular flexibility index (Phi) is 5.19. The highest BCUT2D eigenvalue weighted by atomic mass is 32.1. The second-order valence-electron chi connectivity index (χ2n) is 6.39. The zero-order chi connectivity index (χ0) is 18.0. The van der Waals surface area contributed by atoms with Crippen molar-refractivity contribution in [3.63, 3.8) is 0 Å². The number of nitrogens with one attached hydrogen (secondary N) is 2. The number of anilines is 1. The van der Waals surface area contributed by atoms with E-state index in [0.29, 0.717) is 13.0 Å². The first-order valence-electron chi connectivity index (χ1n) is 8.56. The fraction of sp³-hybridized carbons (Fsp3) is 0.471. The van der Waals surface area contributed by atoms with Crippen LogP contribution in [-0.2, 0) is 6.54 Å². The number of hydrogen-bond donors (Lipinski definition) is 3. The van der Waals surface area contributed by atoms with E-state index in [4.69, 9.17) is 5.73 Å². The van der Waals surface area contributed by atoms with E-state index in [2.05, 4.69) is 11.1 Å². The van der Waals surface area contributed by atoms with Gasteiger partial charge in [-0.2, -0.15) is 0 Å². The predicted octanol–water partition coefficient (Wildman–Crippen LogP) is 0.193. The number of nitrogens with two attached hydrogens (primary N) is 1. The van der Waals surface area contributed by atoms with E-state index in [-0.39, 0.29) is 29.8 Å². The minimum Gasteiger partial charge on any atom is -0.384 e. The average Bonchev–Trinajstić information content (AvgIpc) is 3.22. The molecule has 0 amide bonds. The van der Waals surface area contributed by atoms with E-state index in [1.165, 1.54) is 9.44 Å². The number of aromatic nitrogens is 2. The van der Waals surface area contributed by atoms with Crippen LogP contribution in [0.2, 0.25) is 0 Å². The van der Waals surface area contributed by atoms with Gasteiger partial charge in [0.25, 0.3) is 5.56 Å². The van der Waals surface area contributed by atoms with E-state index in [9.17, 15) is 14.4 Å². The first kappa shape index (κ1) is 17.6. The molecule has 1 unspecified atom stereocenters. The van der Waals surface area contributed by atoms with Crippen LogP contribution in [0, 0.1) is 0 Å². The number of hydrogen-bond acceptors (Lipinski definition) is 5. The van der Waals surface area contributed by atoms with Gasteiger partial charge in [-0.1, -0.05) is 13.0 Å². The molecule has 134 valence electrons. The number of rotatable bonds is 6. The van der Waals surface area contributed by atoms with Crippen LogP contribution in [0.4, 0.5) is 5.82 Å². The average molecular weight is 363 g/mol. The number of nitrogens with zero attached hydrogens (tertiary/aromatic N) is 1. The van der Waals surface area contributed by atoms with Gasteiger partial charge in [0, 0.05) is 19.4 Å². The number of nitrogen functional groups attached to an aromatic ring is 1. The number of thiophene rings is 1. The minimum absolute atomic E-state index is 0.0214. The molecule has 3 rings (SSSR count). The molecular formula is C17H23N4O3S+. The Morgan fingerprint density at radius 3 is 2.96 bits per heavy atom. The van der Waals surface area contributed by atoms with Gasteiger partial charge >= 0.3 is 5.69 Å². The summed E-state index contributed by atoms with van der Waals surface area (Å²) in [5, 5.41) is 2.04. The minimum atomic E-state index is -0.689. The van der Waals surface area contributed by atoms with E-state index < -0.39 is 11.2 Å². The summed E-state index contributed by atoms with van der Waals surface area (Å²) in [6, 6.07) is 4.39. The lowest BCUT2D eigenvalue weighted by Crippen LogP contribution is -3.11. The molecule has 0 aliphatic carbocycles. The predicted molar refractivity (Wildman–Crippen MR) is 97.3 cm³/mol. The Hall–Kier alpha value is -2.19. The van der Waals surface area contributed by atoms with Crippen molar-refractivity contribution in [3.8, 4) is 0 Å². The van der Waals surface area contributed by atoms with Gasteiger partial charge in [-0.3, -0.25) is 19.1 Å². The number of ketones is 1. The van der Waals surface area contributed by atoms with Crippen molar-refractivity contribution in [2.45, 2.75) is 38.8 Å². The van der Waals surface area contributed by atoms with Crippen LogP contribution < -0.4 is 21.9 Å². The van der Waals surface area contributed by atoms with Crippen LogP contribution in [0.15, 0.2) is 27.1 Å². The maximum Gasteiger partial charge on any atom is 0.329 e. The third kappa shape index (κ3) is 3.45. The molecule has 1 aliphatic heterocycles. The second kappa shape index (κ2) is 7.37. The number of Topliss-reactive ketones (excluding diaryl/α,β-unsaturated/α-hetero) is 1. The maximum atomic E-state index is 12.8. The van der Waals surface area contributed by atoms with Crippen LogP contribution in [0.3, 0.4) is 0 Å². The Labute approximate surface area is 149 Å². The number of carbonyl (C=O) groups is 1. The first-order chi connectivity index (χ1) is 12.0. The molecule has 2 aromatic rings. The van der Waals surface area contributed by atoms with E-state index in [1.54, 1.807) is 11.3 Å². The van der Waals surface area contributed by atoms with Gasteiger partial charge in [0.2, 0.25) is 5.78 Å². The van der Waals surface area contributed by atoms with E-state index in [0.717, 1.165) is 24.3 Å². The molecule has 1 fully saturated rings. The molecule has 2 atom stereocenters. The van der Waals surface area contributed by atoms with Gasteiger partial charge in [0.05, 0.1) is 11.4 Å². The van der Waals surface area contributed by atoms with Crippen LogP contribution in [0.5, 0.6) is 0 Å². The number of carbonyl (C=O) groups excluding carboxylic acids is 1. The summed E-state index contributed by atoms with van der Waals surface area (Å²) in [5.41, 5.74) is 4.65. The second-order valence-corrected chi connectivity index (χ2v) is 7.37. The van der Waals surface area contributed by atoms with Gasteiger partial charge in [-0.25, -0.2) is 4.79 Å². The monoisotopic (exact) mass is 363 g/mol. The molecule has 1 saturated heterocycles. The first-order valence-corrected chi connectivity index (χ1v) is 9.44. The molecule has 0 aromatic carbocycles. The Morgan fingerprint density at radius 2 is 2.28 bits per heavy atom. The van der Waals surface area contributed by atoms with Crippen molar-refractivity contribution in [1.29, 1.82) is 0 Å².